The van der Waals surface area contributed by atoms with E-state index >= 15 is 0 Å². The fourth-order valence-corrected chi connectivity index (χ4v) is 7.66. The lowest BCUT2D eigenvalue weighted by molar-refractivity contribution is 0.613. The smallest absolute Gasteiger partial charge is 0.252 e. The van der Waals surface area contributed by atoms with E-state index in [1.54, 1.807) is 0 Å². The topological polar surface area (TPSA) is 6.48 Å². The van der Waals surface area contributed by atoms with Crippen LogP contribution in [0, 0.1) is 5.92 Å². The van der Waals surface area contributed by atoms with E-state index in [1.807, 2.05) is 0 Å². The van der Waals surface area contributed by atoms with Crippen molar-refractivity contribution in [3.05, 3.63) is 145 Å². The molecule has 4 aliphatic rings. The summed E-state index contributed by atoms with van der Waals surface area (Å²) in [5, 5.41) is 2.70. The van der Waals surface area contributed by atoms with Crippen molar-refractivity contribution >= 4 is 62.3 Å². The summed E-state index contributed by atoms with van der Waals surface area (Å²) < 4.78 is 0. The minimum Gasteiger partial charge on any atom is -0.334 e. The Morgan fingerprint density at radius 1 is 0.625 bits per heavy atom. The molecule has 2 aliphatic heterocycles. The predicted molar refractivity (Wildman–Crippen MR) is 171 cm³/mol. The summed E-state index contributed by atoms with van der Waals surface area (Å²) in [4.78, 5) is 5.14. The number of para-hydroxylation sites is 2. The molecule has 0 aromatic heterocycles. The van der Waals surface area contributed by atoms with Crippen molar-refractivity contribution in [2.45, 2.75) is 13.0 Å². The molecule has 0 saturated carbocycles. The van der Waals surface area contributed by atoms with Crippen molar-refractivity contribution in [1.29, 1.82) is 0 Å². The molecule has 3 heteroatoms. The van der Waals surface area contributed by atoms with Gasteiger partial charge in [-0.1, -0.05) is 110 Å². The molecule has 0 radical (unpaired) electrons. The van der Waals surface area contributed by atoms with E-state index in [0.29, 0.717) is 5.92 Å². The fraction of sp³-hybridized carbons (Fsp3) is 0.0811. The van der Waals surface area contributed by atoms with Gasteiger partial charge in [-0.2, -0.15) is 0 Å². The van der Waals surface area contributed by atoms with Crippen LogP contribution in [0.25, 0.3) is 21.9 Å². The molecular formula is C37H27BN2. The molecule has 188 valence electrons. The molecule has 2 nitrogen and oxygen atoms in total. The SMILES string of the molecule is CC1C=CC=CC1N1C2=C(B3c4ccccc4N(c4ccccc4)c4cccc1c43)c1cccc3cccc2c13. The van der Waals surface area contributed by atoms with Gasteiger partial charge in [-0.25, -0.2) is 0 Å². The third kappa shape index (κ3) is 2.79. The molecule has 9 rings (SSSR count). The van der Waals surface area contributed by atoms with Crippen LogP contribution in [-0.2, 0) is 0 Å². The Bertz CT molecular complexity index is 1950. The summed E-state index contributed by atoms with van der Waals surface area (Å²) in [6.45, 7) is 2.51. The summed E-state index contributed by atoms with van der Waals surface area (Å²) in [5.41, 5.74) is 13.4. The highest BCUT2D eigenvalue weighted by Crippen LogP contribution is 2.52. The molecule has 2 atom stereocenters. The summed E-state index contributed by atoms with van der Waals surface area (Å²) in [6.07, 6.45) is 9.16. The molecule has 2 heterocycles. The summed E-state index contributed by atoms with van der Waals surface area (Å²) in [5.74, 6) is 0.384. The van der Waals surface area contributed by atoms with Gasteiger partial charge in [-0.15, -0.1) is 0 Å². The molecule has 5 aromatic carbocycles. The molecule has 0 fully saturated rings. The van der Waals surface area contributed by atoms with Gasteiger partial charge >= 0.3 is 0 Å². The summed E-state index contributed by atoms with van der Waals surface area (Å²) >= 11 is 0. The molecule has 0 bridgehead atoms. The maximum absolute atomic E-state index is 2.67. The van der Waals surface area contributed by atoms with Crippen LogP contribution in [0.4, 0.5) is 22.7 Å². The number of rotatable bonds is 2. The molecule has 0 N–H and O–H groups in total. The summed E-state index contributed by atoms with van der Waals surface area (Å²) in [6, 6.07) is 40.7. The second-order valence-corrected chi connectivity index (χ2v) is 11.3. The quantitative estimate of drug-likeness (QED) is 0.226. The average Bonchev–Trinajstić information content (AvgIpc) is 3.34. The van der Waals surface area contributed by atoms with E-state index in [4.69, 9.17) is 0 Å². The molecule has 0 saturated heterocycles. The lowest BCUT2D eigenvalue weighted by Crippen LogP contribution is -2.57. The lowest BCUT2D eigenvalue weighted by atomic mass is 9.32. The van der Waals surface area contributed by atoms with Gasteiger partial charge in [0.25, 0.3) is 6.71 Å². The Morgan fingerprint density at radius 3 is 2.17 bits per heavy atom. The lowest BCUT2D eigenvalue weighted by Gasteiger charge is -2.47. The molecule has 2 aliphatic carbocycles. The first-order chi connectivity index (χ1) is 19.8. The average molecular weight is 510 g/mol. The van der Waals surface area contributed by atoms with Crippen molar-refractivity contribution in [2.24, 2.45) is 5.92 Å². The van der Waals surface area contributed by atoms with Crippen molar-refractivity contribution in [1.82, 2.24) is 0 Å². The van der Waals surface area contributed by atoms with Crippen molar-refractivity contribution < 1.29 is 0 Å². The zero-order chi connectivity index (χ0) is 26.4. The Labute approximate surface area is 235 Å². The molecule has 0 amide bonds. The highest BCUT2D eigenvalue weighted by molar-refractivity contribution is 7.04. The first kappa shape index (κ1) is 22.1. The monoisotopic (exact) mass is 510 g/mol. The van der Waals surface area contributed by atoms with Crippen molar-refractivity contribution in [3.63, 3.8) is 0 Å². The molecular weight excluding hydrogens is 483 g/mol. The van der Waals surface area contributed by atoms with Gasteiger partial charge in [0.05, 0.1) is 6.04 Å². The zero-order valence-corrected chi connectivity index (χ0v) is 22.3. The number of anilines is 4. The van der Waals surface area contributed by atoms with Crippen LogP contribution in [0.2, 0.25) is 0 Å². The first-order valence-electron chi connectivity index (χ1n) is 14.3. The van der Waals surface area contributed by atoms with E-state index < -0.39 is 0 Å². The number of nitrogens with zero attached hydrogens (tertiary/aromatic N) is 2. The van der Waals surface area contributed by atoms with Gasteiger partial charge in [0.15, 0.2) is 0 Å². The maximum atomic E-state index is 2.67. The fourth-order valence-electron chi connectivity index (χ4n) is 7.66. The van der Waals surface area contributed by atoms with E-state index in [0.717, 1.165) is 0 Å². The van der Waals surface area contributed by atoms with Gasteiger partial charge < -0.3 is 9.80 Å². The van der Waals surface area contributed by atoms with Crippen LogP contribution in [0.5, 0.6) is 0 Å². The van der Waals surface area contributed by atoms with Crippen molar-refractivity contribution in [2.75, 3.05) is 9.80 Å². The number of hydrogen-bond donors (Lipinski definition) is 0. The van der Waals surface area contributed by atoms with Crippen molar-refractivity contribution in [3.8, 4) is 0 Å². The number of hydrogen-bond acceptors (Lipinski definition) is 2. The van der Waals surface area contributed by atoms with Gasteiger partial charge in [0.2, 0.25) is 0 Å². The van der Waals surface area contributed by atoms with E-state index in [1.165, 1.54) is 66.7 Å². The van der Waals surface area contributed by atoms with Crippen LogP contribution < -0.4 is 20.7 Å². The Balaban J connectivity index is 1.42. The van der Waals surface area contributed by atoms with Crippen LogP contribution in [0.3, 0.4) is 0 Å². The minimum atomic E-state index is 0.157. The summed E-state index contributed by atoms with van der Waals surface area (Å²) in [7, 11) is 0. The molecule has 40 heavy (non-hydrogen) atoms. The third-order valence-electron chi connectivity index (χ3n) is 9.26. The minimum absolute atomic E-state index is 0.157. The molecule has 5 aromatic rings. The van der Waals surface area contributed by atoms with Crippen LogP contribution >= 0.6 is 0 Å². The van der Waals surface area contributed by atoms with Crippen LogP contribution in [-0.4, -0.2) is 12.8 Å². The highest BCUT2D eigenvalue weighted by atomic mass is 15.2. The van der Waals surface area contributed by atoms with E-state index in [-0.39, 0.29) is 12.8 Å². The zero-order valence-electron chi connectivity index (χ0n) is 22.3. The molecule has 2 unspecified atom stereocenters. The second kappa shape index (κ2) is 8.13. The maximum Gasteiger partial charge on any atom is 0.252 e. The number of benzene rings is 5. The largest absolute Gasteiger partial charge is 0.334 e. The van der Waals surface area contributed by atoms with E-state index in [2.05, 4.69) is 150 Å². The number of allylic oxidation sites excluding steroid dienone is 2. The van der Waals surface area contributed by atoms with Gasteiger partial charge in [0.1, 0.15) is 0 Å². The highest BCUT2D eigenvalue weighted by Gasteiger charge is 2.48. The Kier molecular flexibility index (Phi) is 4.49. The number of fused-ring (bicyclic) bond motifs is 5. The first-order valence-corrected chi connectivity index (χ1v) is 14.3. The predicted octanol–water partition coefficient (Wildman–Crippen LogP) is 7.60. The Morgan fingerprint density at radius 2 is 1.32 bits per heavy atom. The van der Waals surface area contributed by atoms with Gasteiger partial charge in [0, 0.05) is 34.0 Å². The van der Waals surface area contributed by atoms with Gasteiger partial charge in [-0.3, -0.25) is 0 Å². The van der Waals surface area contributed by atoms with Crippen LogP contribution in [0.15, 0.2) is 133 Å². The van der Waals surface area contributed by atoms with E-state index in [9.17, 15) is 0 Å². The normalized spacial score (nSPS) is 19.7. The third-order valence-corrected chi connectivity index (χ3v) is 9.26. The Hall–Kier alpha value is -4.76. The second-order valence-electron chi connectivity index (χ2n) is 11.3. The molecule has 0 spiro atoms. The standard InChI is InChI=1S/C37H27BN2/c1-24-12-5-7-20-30(24)40-33-23-11-22-32-36(33)38(29-19-6-8-21-31(29)39(32)26-15-3-2-4-16-26)35-27-17-9-13-25-14-10-18-28(34(25)27)37(35)40/h2-24,30H,1H3. The van der Waals surface area contributed by atoms with Gasteiger partial charge in [-0.05, 0) is 69.0 Å². The van der Waals surface area contributed by atoms with Crippen LogP contribution in [0.1, 0.15) is 18.1 Å².